The topological polar surface area (TPSA) is 58.6 Å². The molecule has 18 heavy (non-hydrogen) atoms. The van der Waals surface area contributed by atoms with Crippen LogP contribution in [-0.2, 0) is 4.79 Å². The van der Waals surface area contributed by atoms with Crippen molar-refractivity contribution in [3.05, 3.63) is 29.3 Å². The normalized spacial score (nSPS) is 11.1. The van der Waals surface area contributed by atoms with E-state index < -0.39 is 0 Å². The van der Waals surface area contributed by atoms with Gasteiger partial charge < -0.3 is 15.2 Å². The zero-order valence-electron chi connectivity index (χ0n) is 10.6. The van der Waals surface area contributed by atoms with Gasteiger partial charge in [-0.25, -0.2) is 0 Å². The summed E-state index contributed by atoms with van der Waals surface area (Å²) in [6.45, 7) is 4.09. The molecule has 1 aromatic carbocycles. The lowest BCUT2D eigenvalue weighted by atomic mass is 9.95. The number of rotatable bonds is 6. The number of ether oxygens (including phenoxy) is 1. The van der Waals surface area contributed by atoms with Gasteiger partial charge in [-0.1, -0.05) is 31.5 Å². The van der Waals surface area contributed by atoms with E-state index in [-0.39, 0.29) is 24.5 Å². The van der Waals surface area contributed by atoms with Gasteiger partial charge in [-0.15, -0.1) is 0 Å². The first kappa shape index (κ1) is 14.8. The number of amides is 1. The number of aliphatic hydroxyl groups is 1. The van der Waals surface area contributed by atoms with Gasteiger partial charge in [-0.3, -0.25) is 4.79 Å². The van der Waals surface area contributed by atoms with Crippen molar-refractivity contribution < 1.29 is 14.6 Å². The molecule has 0 saturated carbocycles. The number of benzene rings is 1. The van der Waals surface area contributed by atoms with Crippen molar-refractivity contribution in [1.29, 1.82) is 0 Å². The molecule has 0 aliphatic heterocycles. The number of aliphatic hydroxyl groups excluding tert-OH is 1. The molecule has 2 N–H and O–H groups in total. The van der Waals surface area contributed by atoms with Gasteiger partial charge in [0.05, 0.1) is 0 Å². The van der Waals surface area contributed by atoms with Crippen molar-refractivity contribution >= 4 is 17.5 Å². The van der Waals surface area contributed by atoms with E-state index in [4.69, 9.17) is 21.4 Å². The Morgan fingerprint density at radius 2 is 2.22 bits per heavy atom. The third kappa shape index (κ3) is 5.38. The molecule has 0 saturated heterocycles. The summed E-state index contributed by atoms with van der Waals surface area (Å²) in [6, 6.07) is 6.87. The van der Waals surface area contributed by atoms with Crippen LogP contribution in [0.15, 0.2) is 24.3 Å². The smallest absolute Gasteiger partial charge is 0.257 e. The lowest BCUT2D eigenvalue weighted by Gasteiger charge is -2.21. The Labute approximate surface area is 112 Å². The van der Waals surface area contributed by atoms with E-state index in [1.54, 1.807) is 24.3 Å². The van der Waals surface area contributed by atoms with Gasteiger partial charge in [-0.05, 0) is 18.2 Å². The molecule has 5 heteroatoms. The quantitative estimate of drug-likeness (QED) is 0.830. The number of hydrogen-bond donors (Lipinski definition) is 2. The van der Waals surface area contributed by atoms with Gasteiger partial charge >= 0.3 is 0 Å². The van der Waals surface area contributed by atoms with Crippen LogP contribution in [0.5, 0.6) is 5.75 Å². The number of hydrogen-bond acceptors (Lipinski definition) is 3. The first-order valence-corrected chi connectivity index (χ1v) is 6.07. The highest BCUT2D eigenvalue weighted by atomic mass is 35.5. The van der Waals surface area contributed by atoms with Crippen molar-refractivity contribution in [2.75, 3.05) is 19.8 Å². The minimum atomic E-state index is -0.328. The molecule has 0 aliphatic rings. The molecule has 0 atom stereocenters. The monoisotopic (exact) mass is 271 g/mol. The SMILES string of the molecule is CC(C)(CO)CNC(=O)COc1cccc(Cl)c1. The molecule has 1 rings (SSSR count). The summed E-state index contributed by atoms with van der Waals surface area (Å²) in [5.41, 5.74) is -0.328. The van der Waals surface area contributed by atoms with Gasteiger partial charge in [0.25, 0.3) is 5.91 Å². The highest BCUT2D eigenvalue weighted by Gasteiger charge is 2.17. The van der Waals surface area contributed by atoms with Gasteiger partial charge in [-0.2, -0.15) is 0 Å². The lowest BCUT2D eigenvalue weighted by molar-refractivity contribution is -0.123. The lowest BCUT2D eigenvalue weighted by Crippen LogP contribution is -2.38. The summed E-state index contributed by atoms with van der Waals surface area (Å²) >= 11 is 5.79. The average molecular weight is 272 g/mol. The van der Waals surface area contributed by atoms with Crippen LogP contribution >= 0.6 is 11.6 Å². The molecule has 0 bridgehead atoms. The van der Waals surface area contributed by atoms with E-state index in [0.717, 1.165) is 0 Å². The summed E-state index contributed by atoms with van der Waals surface area (Å²) in [5.74, 6) is 0.329. The van der Waals surface area contributed by atoms with Crippen LogP contribution in [0, 0.1) is 5.41 Å². The summed E-state index contributed by atoms with van der Waals surface area (Å²) < 4.78 is 5.29. The molecule has 1 aromatic rings. The molecule has 0 heterocycles. The molecule has 0 aliphatic carbocycles. The van der Waals surface area contributed by atoms with E-state index in [1.165, 1.54) is 0 Å². The third-order valence-electron chi connectivity index (χ3n) is 2.36. The van der Waals surface area contributed by atoms with E-state index in [2.05, 4.69) is 5.32 Å². The second-order valence-electron chi connectivity index (χ2n) is 4.85. The van der Waals surface area contributed by atoms with Crippen LogP contribution in [0.25, 0.3) is 0 Å². The molecule has 0 aromatic heterocycles. The molecule has 0 fully saturated rings. The Bertz CT molecular complexity index is 407. The Morgan fingerprint density at radius 1 is 1.50 bits per heavy atom. The molecule has 100 valence electrons. The fourth-order valence-corrected chi connectivity index (χ4v) is 1.33. The molecular weight excluding hydrogens is 254 g/mol. The first-order chi connectivity index (χ1) is 8.43. The van der Waals surface area contributed by atoms with Gasteiger partial charge in [0.15, 0.2) is 6.61 Å². The van der Waals surface area contributed by atoms with Crippen LogP contribution in [0.4, 0.5) is 0 Å². The molecule has 4 nitrogen and oxygen atoms in total. The van der Waals surface area contributed by atoms with Crippen molar-refractivity contribution in [3.63, 3.8) is 0 Å². The summed E-state index contributed by atoms with van der Waals surface area (Å²) in [4.78, 5) is 11.5. The summed E-state index contributed by atoms with van der Waals surface area (Å²) in [5, 5.41) is 12.3. The maximum Gasteiger partial charge on any atom is 0.257 e. The van der Waals surface area contributed by atoms with Gasteiger partial charge in [0, 0.05) is 23.6 Å². The Balaban J connectivity index is 2.34. The number of carbonyl (C=O) groups is 1. The first-order valence-electron chi connectivity index (χ1n) is 5.69. The maximum absolute atomic E-state index is 11.5. The highest BCUT2D eigenvalue weighted by molar-refractivity contribution is 6.30. The fraction of sp³-hybridized carbons (Fsp3) is 0.462. The van der Waals surface area contributed by atoms with Crippen LogP contribution in [0.1, 0.15) is 13.8 Å². The summed E-state index contributed by atoms with van der Waals surface area (Å²) in [6.07, 6.45) is 0. The zero-order valence-corrected chi connectivity index (χ0v) is 11.3. The molecular formula is C13H18ClNO3. The van der Waals surface area contributed by atoms with Crippen LogP contribution < -0.4 is 10.1 Å². The van der Waals surface area contributed by atoms with Crippen molar-refractivity contribution in [2.24, 2.45) is 5.41 Å². The molecule has 0 spiro atoms. The minimum absolute atomic E-state index is 0.0163. The Morgan fingerprint density at radius 3 is 2.83 bits per heavy atom. The number of carbonyl (C=O) groups excluding carboxylic acids is 1. The highest BCUT2D eigenvalue weighted by Crippen LogP contribution is 2.17. The average Bonchev–Trinajstić information content (AvgIpc) is 2.34. The van der Waals surface area contributed by atoms with Crippen molar-refractivity contribution in [3.8, 4) is 5.75 Å². The standard InChI is InChI=1S/C13H18ClNO3/c1-13(2,9-16)8-15-12(17)7-18-11-5-3-4-10(14)6-11/h3-6,16H,7-9H2,1-2H3,(H,15,17). The maximum atomic E-state index is 11.5. The van der Waals surface area contributed by atoms with Crippen molar-refractivity contribution in [2.45, 2.75) is 13.8 Å². The van der Waals surface area contributed by atoms with E-state index in [1.807, 2.05) is 13.8 Å². The summed E-state index contributed by atoms with van der Waals surface area (Å²) in [7, 11) is 0. The Kier molecular flexibility index (Phi) is 5.44. The number of halogens is 1. The van der Waals surface area contributed by atoms with E-state index >= 15 is 0 Å². The van der Waals surface area contributed by atoms with Crippen LogP contribution in [0.2, 0.25) is 5.02 Å². The van der Waals surface area contributed by atoms with E-state index in [9.17, 15) is 4.79 Å². The largest absolute Gasteiger partial charge is 0.484 e. The Hall–Kier alpha value is -1.26. The van der Waals surface area contributed by atoms with Crippen LogP contribution in [0.3, 0.4) is 0 Å². The fourth-order valence-electron chi connectivity index (χ4n) is 1.15. The van der Waals surface area contributed by atoms with Crippen LogP contribution in [-0.4, -0.2) is 30.8 Å². The van der Waals surface area contributed by atoms with Gasteiger partial charge in [0.2, 0.25) is 0 Å². The zero-order chi connectivity index (χ0) is 13.6. The molecule has 0 unspecified atom stereocenters. The molecule has 0 radical (unpaired) electrons. The predicted octanol–water partition coefficient (Wildman–Crippen LogP) is 1.85. The van der Waals surface area contributed by atoms with Gasteiger partial charge in [0.1, 0.15) is 5.75 Å². The minimum Gasteiger partial charge on any atom is -0.484 e. The molecule has 1 amide bonds. The second kappa shape index (κ2) is 6.61. The third-order valence-corrected chi connectivity index (χ3v) is 2.59. The predicted molar refractivity (Wildman–Crippen MR) is 70.8 cm³/mol. The second-order valence-corrected chi connectivity index (χ2v) is 5.28. The van der Waals surface area contributed by atoms with Crippen molar-refractivity contribution in [1.82, 2.24) is 5.32 Å². The number of nitrogens with one attached hydrogen (secondary N) is 1. The van der Waals surface area contributed by atoms with E-state index in [0.29, 0.717) is 17.3 Å².